The quantitative estimate of drug-likeness (QED) is 0.642. The predicted molar refractivity (Wildman–Crippen MR) is 116 cm³/mol. The molecule has 0 radical (unpaired) electrons. The standard InChI is InChI=1S/C23H28FN3O3.ClH/c24-16-6-7-19-20(14-16)30-25-21(19)15-8-12-26(13-9-15)10-3-11-27-22(28)17-4-1-2-5-18(17)23(27)29;/h6-7,14-15,17-18H,1-5,8-13H2;1H. The Kier molecular flexibility index (Phi) is 6.63. The maximum atomic E-state index is 13.4. The second kappa shape index (κ2) is 9.25. The Bertz CT molecular complexity index is 933. The lowest BCUT2D eigenvalue weighted by Crippen LogP contribution is -2.37. The van der Waals surface area contributed by atoms with Crippen molar-refractivity contribution in [3.05, 3.63) is 29.7 Å². The van der Waals surface area contributed by atoms with Crippen LogP contribution < -0.4 is 0 Å². The van der Waals surface area contributed by atoms with Crippen LogP contribution in [-0.4, -0.2) is 52.9 Å². The van der Waals surface area contributed by atoms with Gasteiger partial charge in [0.15, 0.2) is 5.58 Å². The topological polar surface area (TPSA) is 66.7 Å². The molecule has 2 amide bonds. The number of likely N-dealkylation sites (tertiary alicyclic amines) is 2. The summed E-state index contributed by atoms with van der Waals surface area (Å²) in [5, 5.41) is 5.11. The van der Waals surface area contributed by atoms with E-state index in [0.717, 1.165) is 75.7 Å². The van der Waals surface area contributed by atoms with Gasteiger partial charge >= 0.3 is 0 Å². The molecule has 2 atom stereocenters. The summed E-state index contributed by atoms with van der Waals surface area (Å²) < 4.78 is 18.7. The molecule has 2 aliphatic heterocycles. The van der Waals surface area contributed by atoms with Crippen LogP contribution in [0.3, 0.4) is 0 Å². The summed E-state index contributed by atoms with van der Waals surface area (Å²) in [6.07, 6.45) is 6.67. The molecule has 5 rings (SSSR count). The van der Waals surface area contributed by atoms with Gasteiger partial charge in [-0.2, -0.15) is 0 Å². The van der Waals surface area contributed by atoms with Crippen LogP contribution in [0.5, 0.6) is 0 Å². The minimum Gasteiger partial charge on any atom is -0.356 e. The summed E-state index contributed by atoms with van der Waals surface area (Å²) in [7, 11) is 0. The zero-order valence-electron chi connectivity index (χ0n) is 17.6. The molecule has 1 aromatic carbocycles. The van der Waals surface area contributed by atoms with Gasteiger partial charge in [-0.25, -0.2) is 4.39 Å². The molecule has 3 aliphatic rings. The molecule has 1 aromatic heterocycles. The molecule has 0 bridgehead atoms. The Morgan fingerprint density at radius 2 is 1.68 bits per heavy atom. The van der Waals surface area contributed by atoms with Gasteiger partial charge in [0.2, 0.25) is 11.8 Å². The average molecular weight is 450 g/mol. The molecule has 3 heterocycles. The highest BCUT2D eigenvalue weighted by molar-refractivity contribution is 6.05. The molecule has 3 fully saturated rings. The third kappa shape index (κ3) is 4.22. The van der Waals surface area contributed by atoms with Crippen molar-refractivity contribution in [1.29, 1.82) is 0 Å². The van der Waals surface area contributed by atoms with Crippen molar-refractivity contribution in [3.63, 3.8) is 0 Å². The fourth-order valence-corrected chi connectivity index (χ4v) is 5.56. The van der Waals surface area contributed by atoms with E-state index in [-0.39, 0.29) is 41.9 Å². The van der Waals surface area contributed by atoms with Crippen LogP contribution in [0.2, 0.25) is 0 Å². The van der Waals surface area contributed by atoms with Crippen molar-refractivity contribution in [1.82, 2.24) is 15.0 Å². The van der Waals surface area contributed by atoms with Gasteiger partial charge in [-0.05, 0) is 63.9 Å². The smallest absolute Gasteiger partial charge is 0.233 e. The number of aromatic nitrogens is 1. The maximum absolute atomic E-state index is 13.4. The Morgan fingerprint density at radius 1 is 1.00 bits per heavy atom. The molecule has 0 spiro atoms. The van der Waals surface area contributed by atoms with Crippen LogP contribution in [-0.2, 0) is 9.59 Å². The van der Waals surface area contributed by atoms with Gasteiger partial charge in [0, 0.05) is 23.9 Å². The first-order chi connectivity index (χ1) is 14.6. The van der Waals surface area contributed by atoms with Crippen LogP contribution >= 0.6 is 12.4 Å². The lowest BCUT2D eigenvalue weighted by molar-refractivity contribution is -0.140. The third-order valence-corrected chi connectivity index (χ3v) is 7.22. The molecule has 2 saturated heterocycles. The number of imide groups is 1. The minimum absolute atomic E-state index is 0. The highest BCUT2D eigenvalue weighted by Gasteiger charge is 2.47. The number of carbonyl (C=O) groups excluding carboxylic acids is 2. The highest BCUT2D eigenvalue weighted by atomic mass is 35.5. The van der Waals surface area contributed by atoms with Crippen LogP contribution in [0.1, 0.15) is 56.6 Å². The second-order valence-corrected chi connectivity index (χ2v) is 9.00. The third-order valence-electron chi connectivity index (χ3n) is 7.22. The zero-order chi connectivity index (χ0) is 20.7. The van der Waals surface area contributed by atoms with Crippen molar-refractivity contribution < 1.29 is 18.5 Å². The number of piperidine rings is 1. The van der Waals surface area contributed by atoms with Gasteiger partial charge in [0.05, 0.1) is 17.5 Å². The SMILES string of the molecule is Cl.O=C1C2CCCCC2C(=O)N1CCCN1CCC(c2noc3cc(F)ccc23)CC1. The van der Waals surface area contributed by atoms with Crippen LogP contribution in [0.15, 0.2) is 22.7 Å². The van der Waals surface area contributed by atoms with Crippen molar-refractivity contribution in [3.8, 4) is 0 Å². The minimum atomic E-state index is -0.311. The van der Waals surface area contributed by atoms with E-state index in [9.17, 15) is 14.0 Å². The summed E-state index contributed by atoms with van der Waals surface area (Å²) in [5.74, 6) is 0.0445. The Hall–Kier alpha value is -1.99. The Labute approximate surface area is 187 Å². The van der Waals surface area contributed by atoms with Gasteiger partial charge in [0.1, 0.15) is 5.82 Å². The largest absolute Gasteiger partial charge is 0.356 e. The normalized spacial score (nSPS) is 25.1. The van der Waals surface area contributed by atoms with E-state index in [1.54, 1.807) is 6.07 Å². The average Bonchev–Trinajstić information content (AvgIpc) is 3.29. The number of amides is 2. The fraction of sp³-hybridized carbons (Fsp3) is 0.609. The summed E-state index contributed by atoms with van der Waals surface area (Å²) in [6, 6.07) is 4.60. The van der Waals surface area contributed by atoms with Crippen LogP contribution in [0.4, 0.5) is 4.39 Å². The first kappa shape index (κ1) is 22.2. The number of rotatable bonds is 5. The number of fused-ring (bicyclic) bond motifs is 2. The first-order valence-electron chi connectivity index (χ1n) is 11.2. The van der Waals surface area contributed by atoms with E-state index >= 15 is 0 Å². The van der Waals surface area contributed by atoms with E-state index in [1.165, 1.54) is 17.0 Å². The predicted octanol–water partition coefficient (Wildman–Crippen LogP) is 4.13. The first-order valence-corrected chi connectivity index (χ1v) is 11.2. The number of carbonyl (C=O) groups is 2. The van der Waals surface area contributed by atoms with Gasteiger partial charge in [-0.3, -0.25) is 14.5 Å². The number of nitrogens with zero attached hydrogens (tertiary/aromatic N) is 3. The molecule has 1 aliphatic carbocycles. The zero-order valence-corrected chi connectivity index (χ0v) is 18.4. The lowest BCUT2D eigenvalue weighted by Gasteiger charge is -2.31. The van der Waals surface area contributed by atoms with E-state index in [4.69, 9.17) is 4.52 Å². The van der Waals surface area contributed by atoms with Crippen molar-refractivity contribution in [2.45, 2.75) is 50.9 Å². The molecule has 31 heavy (non-hydrogen) atoms. The molecular weight excluding hydrogens is 421 g/mol. The van der Waals surface area contributed by atoms with E-state index in [1.807, 2.05) is 0 Å². The van der Waals surface area contributed by atoms with E-state index < -0.39 is 0 Å². The molecule has 168 valence electrons. The monoisotopic (exact) mass is 449 g/mol. The molecule has 0 N–H and O–H groups in total. The van der Waals surface area contributed by atoms with Gasteiger partial charge in [0.25, 0.3) is 0 Å². The van der Waals surface area contributed by atoms with Crippen molar-refractivity contribution in [2.75, 3.05) is 26.2 Å². The molecule has 2 aromatic rings. The lowest BCUT2D eigenvalue weighted by atomic mass is 9.81. The number of benzene rings is 1. The van der Waals surface area contributed by atoms with Crippen molar-refractivity contribution in [2.24, 2.45) is 11.8 Å². The number of halogens is 2. The number of hydrogen-bond donors (Lipinski definition) is 0. The highest BCUT2D eigenvalue weighted by Crippen LogP contribution is 2.38. The fourth-order valence-electron chi connectivity index (χ4n) is 5.56. The number of hydrogen-bond acceptors (Lipinski definition) is 5. The second-order valence-electron chi connectivity index (χ2n) is 9.00. The Balaban J connectivity index is 0.00000231. The van der Waals surface area contributed by atoms with Crippen LogP contribution in [0, 0.1) is 17.7 Å². The summed E-state index contributed by atoms with van der Waals surface area (Å²) in [4.78, 5) is 29.1. The summed E-state index contributed by atoms with van der Waals surface area (Å²) in [6.45, 7) is 3.34. The van der Waals surface area contributed by atoms with Crippen molar-refractivity contribution >= 4 is 35.2 Å². The summed E-state index contributed by atoms with van der Waals surface area (Å²) in [5.41, 5.74) is 1.44. The Morgan fingerprint density at radius 3 is 2.35 bits per heavy atom. The van der Waals surface area contributed by atoms with E-state index in [0.29, 0.717) is 18.0 Å². The summed E-state index contributed by atoms with van der Waals surface area (Å²) >= 11 is 0. The molecule has 2 unspecified atom stereocenters. The van der Waals surface area contributed by atoms with Gasteiger partial charge < -0.3 is 9.42 Å². The van der Waals surface area contributed by atoms with Gasteiger partial charge in [-0.1, -0.05) is 18.0 Å². The van der Waals surface area contributed by atoms with Crippen LogP contribution in [0.25, 0.3) is 11.0 Å². The van der Waals surface area contributed by atoms with E-state index in [2.05, 4.69) is 10.1 Å². The molecule has 6 nitrogen and oxygen atoms in total. The van der Waals surface area contributed by atoms with Gasteiger partial charge in [-0.15, -0.1) is 12.4 Å². The maximum Gasteiger partial charge on any atom is 0.233 e. The molecular formula is C23H29ClFN3O3. The molecule has 1 saturated carbocycles. The molecule has 8 heteroatoms.